The maximum atomic E-state index is 11.0. The second-order valence-electron chi connectivity index (χ2n) is 8.79. The lowest BCUT2D eigenvalue weighted by Gasteiger charge is -2.12. The van der Waals surface area contributed by atoms with E-state index in [4.69, 9.17) is 4.74 Å². The first kappa shape index (κ1) is 30.4. The van der Waals surface area contributed by atoms with Crippen LogP contribution in [0.25, 0.3) is 23.5 Å². The number of hydrogen-bond acceptors (Lipinski definition) is 14. The molecule has 0 unspecified atom stereocenters. The summed E-state index contributed by atoms with van der Waals surface area (Å²) in [5.41, 5.74) is 0.0681. The molecule has 0 bridgehead atoms. The summed E-state index contributed by atoms with van der Waals surface area (Å²) in [4.78, 5) is 57.4. The van der Waals surface area contributed by atoms with Crippen LogP contribution < -0.4 is 35.8 Å². The van der Waals surface area contributed by atoms with E-state index in [0.29, 0.717) is 22.7 Å². The first-order valence-corrected chi connectivity index (χ1v) is 12.5. The van der Waals surface area contributed by atoms with Crippen LogP contribution in [-0.4, -0.2) is 45.9 Å². The van der Waals surface area contributed by atoms with Crippen molar-refractivity contribution in [2.45, 2.75) is 0 Å². The maximum Gasteiger partial charge on any atom is 0.232 e. The lowest BCUT2D eigenvalue weighted by molar-refractivity contribution is -0.314. The molecule has 0 saturated carbocycles. The Balaban J connectivity index is 1.64. The fourth-order valence-corrected chi connectivity index (χ4v) is 3.68. The third-order valence-corrected chi connectivity index (χ3v) is 5.82. The first-order chi connectivity index (χ1) is 21.0. The molecule has 14 heteroatoms. The van der Waals surface area contributed by atoms with E-state index < -0.39 is 35.0 Å². The van der Waals surface area contributed by atoms with E-state index in [9.17, 15) is 39.6 Å². The summed E-state index contributed by atoms with van der Waals surface area (Å²) in [6, 6.07) is 18.9. The normalized spacial score (nSPS) is 10.2. The van der Waals surface area contributed by atoms with E-state index >= 15 is 0 Å². The van der Waals surface area contributed by atoms with Crippen molar-refractivity contribution in [1.29, 1.82) is 0 Å². The van der Waals surface area contributed by atoms with Gasteiger partial charge >= 0.3 is 0 Å². The number of benzene rings is 3. The van der Waals surface area contributed by atoms with Gasteiger partial charge in [0.25, 0.3) is 0 Å². The molecule has 222 valence electrons. The molecule has 2 N–H and O–H groups in total. The minimum absolute atomic E-state index is 0.105. The third-order valence-electron chi connectivity index (χ3n) is 5.82. The molecule has 0 aliphatic carbocycles. The predicted octanol–water partition coefficient (Wildman–Crippen LogP) is -1.20. The molecule has 0 aliphatic rings. The van der Waals surface area contributed by atoms with Crippen molar-refractivity contribution in [2.24, 2.45) is 0 Å². The summed E-state index contributed by atoms with van der Waals surface area (Å²) in [5, 5.41) is 50.1. The molecule has 0 fully saturated rings. The van der Waals surface area contributed by atoms with E-state index in [-0.39, 0.29) is 28.8 Å². The molecule has 0 aliphatic heterocycles. The van der Waals surface area contributed by atoms with Crippen molar-refractivity contribution < 1.29 is 44.3 Å². The molecule has 0 radical (unpaired) electrons. The van der Waals surface area contributed by atoms with E-state index in [0.717, 1.165) is 12.2 Å². The number of aromatic nitrogens is 3. The average Bonchev–Trinajstić information content (AvgIpc) is 2.99. The van der Waals surface area contributed by atoms with Crippen molar-refractivity contribution in [1.82, 2.24) is 15.0 Å². The highest BCUT2D eigenvalue weighted by Gasteiger charge is 2.11. The van der Waals surface area contributed by atoms with Gasteiger partial charge in [-0.3, -0.25) is 0 Å². The highest BCUT2D eigenvalue weighted by Crippen LogP contribution is 2.25. The van der Waals surface area contributed by atoms with Crippen LogP contribution in [0.4, 0.5) is 23.3 Å². The van der Waals surface area contributed by atoms with Gasteiger partial charge in [-0.1, -0.05) is 24.3 Å². The van der Waals surface area contributed by atoms with Crippen LogP contribution in [0.2, 0.25) is 0 Å². The van der Waals surface area contributed by atoms with Crippen molar-refractivity contribution in [3.05, 3.63) is 95.1 Å². The fraction of sp³-hybridized carbons (Fsp3) is 0.0333. The van der Waals surface area contributed by atoms with Gasteiger partial charge in [-0.05, 0) is 71.8 Å². The number of carboxylic acid groups (broad SMARTS) is 4. The molecule has 0 atom stereocenters. The van der Waals surface area contributed by atoms with E-state index in [1.807, 2.05) is 0 Å². The number of rotatable bonds is 12. The van der Waals surface area contributed by atoms with Gasteiger partial charge in [0, 0.05) is 28.1 Å². The van der Waals surface area contributed by atoms with Gasteiger partial charge in [0.05, 0.1) is 31.0 Å². The van der Waals surface area contributed by atoms with Crippen LogP contribution in [0.1, 0.15) is 11.1 Å². The minimum atomic E-state index is -1.88. The topological polar surface area (TPSA) is 232 Å². The summed E-state index contributed by atoms with van der Waals surface area (Å²) in [6.07, 6.45) is 1.81. The largest absolute Gasteiger partial charge is 0.545 e. The number of ether oxygens (including phenoxy) is 1. The number of carbonyl (C=O) groups is 4. The second kappa shape index (κ2) is 13.4. The fourth-order valence-electron chi connectivity index (χ4n) is 3.68. The molecule has 14 nitrogen and oxygen atoms in total. The SMILES string of the molecule is COc1ccc(-c2nc(Nc3ccc(C=C(C(=O)[O-])C(=O)[O-])cc3)nc(Nc3ccc(C=C(C(=O)[O-])C(=O)[O-])cc3)n2)cc1. The predicted molar refractivity (Wildman–Crippen MR) is 147 cm³/mol. The van der Waals surface area contributed by atoms with Crippen LogP contribution >= 0.6 is 0 Å². The second-order valence-corrected chi connectivity index (χ2v) is 8.79. The van der Waals surface area contributed by atoms with Gasteiger partial charge < -0.3 is 55.0 Å². The molecule has 0 saturated heterocycles. The van der Waals surface area contributed by atoms with Crippen LogP contribution in [0.3, 0.4) is 0 Å². The van der Waals surface area contributed by atoms with E-state index in [1.165, 1.54) is 55.6 Å². The van der Waals surface area contributed by atoms with Crippen molar-refractivity contribution in [3.8, 4) is 17.1 Å². The Morgan fingerprint density at radius 3 is 1.32 bits per heavy atom. The highest BCUT2D eigenvalue weighted by molar-refractivity contribution is 6.15. The molecule has 0 amide bonds. The molecule has 3 aromatic carbocycles. The Kier molecular flexibility index (Phi) is 9.25. The van der Waals surface area contributed by atoms with E-state index in [2.05, 4.69) is 25.6 Å². The van der Waals surface area contributed by atoms with Gasteiger partial charge in [0.15, 0.2) is 5.82 Å². The van der Waals surface area contributed by atoms with Crippen LogP contribution in [0.15, 0.2) is 83.9 Å². The Bertz CT molecular complexity index is 1650. The molecule has 44 heavy (non-hydrogen) atoms. The lowest BCUT2D eigenvalue weighted by Crippen LogP contribution is -2.36. The average molecular weight is 594 g/mol. The number of methoxy groups -OCH3 is 1. The molecule has 4 rings (SSSR count). The summed E-state index contributed by atoms with van der Waals surface area (Å²) >= 11 is 0. The maximum absolute atomic E-state index is 11.0. The van der Waals surface area contributed by atoms with Gasteiger partial charge in [-0.25, -0.2) is 0 Å². The monoisotopic (exact) mass is 593 g/mol. The number of nitrogens with zero attached hydrogens (tertiary/aromatic N) is 3. The number of nitrogens with one attached hydrogen (secondary N) is 2. The highest BCUT2D eigenvalue weighted by atomic mass is 16.5. The number of carboxylic acids is 4. The molecule has 0 spiro atoms. The number of carbonyl (C=O) groups excluding carboxylic acids is 4. The van der Waals surface area contributed by atoms with Crippen LogP contribution in [-0.2, 0) is 19.2 Å². The standard InChI is InChI=1S/C30H23N5O9/c1-44-21-12-6-18(7-13-21)24-33-29(31-19-8-2-16(3-9-19)14-22(25(36)37)26(38)39)35-30(34-24)32-20-10-4-17(5-11-20)15-23(27(40)41)28(42)43/h2-15H,1H3,(H,36,37)(H,38,39)(H,40,41)(H,42,43)(H2,31,32,33,34,35)/p-4. The summed E-state index contributed by atoms with van der Waals surface area (Å²) < 4.78 is 5.20. The molecule has 1 aromatic heterocycles. The van der Waals surface area contributed by atoms with E-state index in [1.54, 1.807) is 24.3 Å². The first-order valence-electron chi connectivity index (χ1n) is 12.5. The molecular formula is C30H19N5O9-4. The van der Waals surface area contributed by atoms with Crippen LogP contribution in [0, 0.1) is 0 Å². The van der Waals surface area contributed by atoms with Gasteiger partial charge in [0.1, 0.15) is 5.75 Å². The number of aliphatic carboxylic acids is 4. The Labute approximate surface area is 248 Å². The zero-order valence-electron chi connectivity index (χ0n) is 22.6. The zero-order valence-corrected chi connectivity index (χ0v) is 22.6. The smallest absolute Gasteiger partial charge is 0.232 e. The quantitative estimate of drug-likeness (QED) is 0.112. The molecule has 1 heterocycles. The minimum Gasteiger partial charge on any atom is -0.545 e. The number of hydrogen-bond donors (Lipinski definition) is 2. The van der Waals surface area contributed by atoms with Crippen LogP contribution in [0.5, 0.6) is 5.75 Å². The van der Waals surface area contributed by atoms with Gasteiger partial charge in [-0.2, -0.15) is 15.0 Å². The van der Waals surface area contributed by atoms with Gasteiger partial charge in [-0.15, -0.1) is 0 Å². The number of anilines is 4. The van der Waals surface area contributed by atoms with Crippen molar-refractivity contribution >= 4 is 59.3 Å². The third kappa shape index (κ3) is 7.79. The molecular weight excluding hydrogens is 574 g/mol. The van der Waals surface area contributed by atoms with Crippen molar-refractivity contribution in [2.75, 3.05) is 17.7 Å². The van der Waals surface area contributed by atoms with Crippen molar-refractivity contribution in [3.63, 3.8) is 0 Å². The Morgan fingerprint density at radius 1 is 0.591 bits per heavy atom. The molecule has 4 aromatic rings. The Hall–Kier alpha value is -6.57. The van der Waals surface area contributed by atoms with Gasteiger partial charge in [0.2, 0.25) is 11.9 Å². The summed E-state index contributed by atoms with van der Waals surface area (Å²) in [5.74, 6) is -6.42. The lowest BCUT2D eigenvalue weighted by atomic mass is 10.1. The summed E-state index contributed by atoms with van der Waals surface area (Å²) in [7, 11) is 1.53. The Morgan fingerprint density at radius 2 is 0.977 bits per heavy atom. The summed E-state index contributed by atoms with van der Waals surface area (Å²) in [6.45, 7) is 0. The zero-order chi connectivity index (χ0) is 31.8.